The fraction of sp³-hybridized carbons (Fsp3) is 0.333. The van der Waals surface area contributed by atoms with Crippen LogP contribution in [0.4, 0.5) is 10.1 Å². The van der Waals surface area contributed by atoms with Gasteiger partial charge in [0.15, 0.2) is 0 Å². The lowest BCUT2D eigenvalue weighted by molar-refractivity contribution is -0.123. The smallest absolute Gasteiger partial charge is 0.238 e. The van der Waals surface area contributed by atoms with Gasteiger partial charge in [0.1, 0.15) is 5.82 Å². The maximum absolute atomic E-state index is 12.6. The molecule has 0 aromatic heterocycles. The molecule has 0 aliphatic carbocycles. The molecule has 0 fully saturated rings. The molecule has 0 saturated heterocycles. The summed E-state index contributed by atoms with van der Waals surface area (Å²) in [5, 5.41) is 5.29. The third-order valence-corrected chi connectivity index (χ3v) is 2.43. The maximum Gasteiger partial charge on any atom is 0.238 e. The molecule has 0 aliphatic heterocycles. The van der Waals surface area contributed by atoms with Crippen molar-refractivity contribution >= 4 is 17.5 Å². The molecular weight excluding hydrogens is 237 g/mol. The van der Waals surface area contributed by atoms with Gasteiger partial charge in [0.25, 0.3) is 0 Å². The first-order valence-electron chi connectivity index (χ1n) is 5.41. The van der Waals surface area contributed by atoms with Crippen LogP contribution in [0, 0.1) is 5.82 Å². The number of hydrogen-bond acceptors (Lipinski definition) is 3. The van der Waals surface area contributed by atoms with Crippen LogP contribution in [0.25, 0.3) is 0 Å². The lowest BCUT2D eigenvalue weighted by atomic mass is 10.1. The van der Waals surface area contributed by atoms with Crippen molar-refractivity contribution in [1.29, 1.82) is 0 Å². The van der Waals surface area contributed by atoms with Crippen molar-refractivity contribution in [3.05, 3.63) is 30.1 Å². The van der Waals surface area contributed by atoms with Crippen LogP contribution in [-0.4, -0.2) is 23.9 Å². The molecule has 0 bridgehead atoms. The molecule has 0 aliphatic rings. The van der Waals surface area contributed by atoms with Crippen LogP contribution in [0.3, 0.4) is 0 Å². The zero-order valence-electron chi connectivity index (χ0n) is 10.3. The topological polar surface area (TPSA) is 84.2 Å². The Kier molecular flexibility index (Phi) is 4.38. The van der Waals surface area contributed by atoms with E-state index in [9.17, 15) is 14.0 Å². The summed E-state index contributed by atoms with van der Waals surface area (Å²) in [5.74, 6) is -1.26. The predicted octanol–water partition coefficient (Wildman–Crippen LogP) is 0.618. The van der Waals surface area contributed by atoms with Crippen LogP contribution in [-0.2, 0) is 9.59 Å². The second-order valence-electron chi connectivity index (χ2n) is 4.40. The fourth-order valence-corrected chi connectivity index (χ4v) is 1.13. The summed E-state index contributed by atoms with van der Waals surface area (Å²) in [6, 6.07) is 5.39. The number of hydrogen-bond donors (Lipinski definition) is 3. The normalized spacial score (nSPS) is 11.1. The molecular formula is C12H16FN3O2. The molecule has 1 aromatic carbocycles. The third-order valence-electron chi connectivity index (χ3n) is 2.43. The van der Waals surface area contributed by atoms with E-state index in [0.717, 1.165) is 0 Å². The van der Waals surface area contributed by atoms with E-state index in [0.29, 0.717) is 5.69 Å². The molecule has 5 nitrogen and oxygen atoms in total. The average molecular weight is 253 g/mol. The SMILES string of the molecule is CC(C)(NCC(=O)Nc1ccc(F)cc1)C(N)=O. The Hall–Kier alpha value is -1.95. The van der Waals surface area contributed by atoms with Gasteiger partial charge in [-0.2, -0.15) is 0 Å². The highest BCUT2D eigenvalue weighted by Crippen LogP contribution is 2.08. The van der Waals surface area contributed by atoms with Crippen molar-refractivity contribution in [2.75, 3.05) is 11.9 Å². The van der Waals surface area contributed by atoms with Gasteiger partial charge in [-0.25, -0.2) is 4.39 Å². The van der Waals surface area contributed by atoms with Crippen LogP contribution in [0.15, 0.2) is 24.3 Å². The highest BCUT2D eigenvalue weighted by Gasteiger charge is 2.24. The summed E-state index contributed by atoms with van der Waals surface area (Å²) in [7, 11) is 0. The van der Waals surface area contributed by atoms with Gasteiger partial charge >= 0.3 is 0 Å². The number of amides is 2. The minimum atomic E-state index is -0.958. The maximum atomic E-state index is 12.6. The number of rotatable bonds is 5. The van der Waals surface area contributed by atoms with Gasteiger partial charge in [0, 0.05) is 5.69 Å². The fourth-order valence-electron chi connectivity index (χ4n) is 1.13. The summed E-state index contributed by atoms with van der Waals surface area (Å²) in [5.41, 5.74) is 4.68. The van der Waals surface area contributed by atoms with Crippen molar-refractivity contribution in [2.24, 2.45) is 5.73 Å². The van der Waals surface area contributed by atoms with Crippen molar-refractivity contribution in [3.8, 4) is 0 Å². The van der Waals surface area contributed by atoms with Gasteiger partial charge in [-0.1, -0.05) is 0 Å². The van der Waals surface area contributed by atoms with Crippen molar-refractivity contribution in [1.82, 2.24) is 5.32 Å². The highest BCUT2D eigenvalue weighted by molar-refractivity contribution is 5.93. The van der Waals surface area contributed by atoms with Crippen LogP contribution >= 0.6 is 0 Å². The molecule has 6 heteroatoms. The van der Waals surface area contributed by atoms with Crippen LogP contribution in [0.2, 0.25) is 0 Å². The summed E-state index contributed by atoms with van der Waals surface area (Å²) in [6.07, 6.45) is 0. The molecule has 18 heavy (non-hydrogen) atoms. The summed E-state index contributed by atoms with van der Waals surface area (Å²) < 4.78 is 12.6. The van der Waals surface area contributed by atoms with Gasteiger partial charge in [0.2, 0.25) is 11.8 Å². The van der Waals surface area contributed by atoms with E-state index in [1.807, 2.05) is 0 Å². The number of carbonyl (C=O) groups excluding carboxylic acids is 2. The van der Waals surface area contributed by atoms with E-state index in [1.165, 1.54) is 24.3 Å². The largest absolute Gasteiger partial charge is 0.368 e. The summed E-state index contributed by atoms with van der Waals surface area (Å²) in [4.78, 5) is 22.6. The Morgan fingerprint density at radius 1 is 1.28 bits per heavy atom. The molecule has 0 heterocycles. The number of nitrogens with one attached hydrogen (secondary N) is 2. The monoisotopic (exact) mass is 253 g/mol. The molecule has 4 N–H and O–H groups in total. The number of primary amides is 1. The molecule has 0 unspecified atom stereocenters. The van der Waals surface area contributed by atoms with Gasteiger partial charge in [-0.3, -0.25) is 14.9 Å². The Bertz CT molecular complexity index is 443. The zero-order chi connectivity index (χ0) is 13.8. The Labute approximate surface area is 105 Å². The first-order chi connectivity index (χ1) is 8.31. The Morgan fingerprint density at radius 2 is 1.83 bits per heavy atom. The lowest BCUT2D eigenvalue weighted by Gasteiger charge is -2.21. The molecule has 0 atom stereocenters. The van der Waals surface area contributed by atoms with Crippen molar-refractivity contribution < 1.29 is 14.0 Å². The van der Waals surface area contributed by atoms with E-state index < -0.39 is 11.4 Å². The second kappa shape index (κ2) is 5.59. The van der Waals surface area contributed by atoms with Crippen molar-refractivity contribution in [2.45, 2.75) is 19.4 Å². The number of benzene rings is 1. The highest BCUT2D eigenvalue weighted by atomic mass is 19.1. The van der Waals surface area contributed by atoms with E-state index in [2.05, 4.69) is 10.6 Å². The first-order valence-corrected chi connectivity index (χ1v) is 5.41. The number of nitrogens with two attached hydrogens (primary N) is 1. The van der Waals surface area contributed by atoms with E-state index >= 15 is 0 Å². The lowest BCUT2D eigenvalue weighted by Crippen LogP contribution is -2.52. The predicted molar refractivity (Wildman–Crippen MR) is 66.3 cm³/mol. The first kappa shape index (κ1) is 14.1. The van der Waals surface area contributed by atoms with Gasteiger partial charge < -0.3 is 11.1 Å². The van der Waals surface area contributed by atoms with Crippen LogP contribution in [0.1, 0.15) is 13.8 Å². The number of halogens is 1. The average Bonchev–Trinajstić information content (AvgIpc) is 2.29. The summed E-state index contributed by atoms with van der Waals surface area (Å²) >= 11 is 0. The minimum absolute atomic E-state index is 0.0622. The number of anilines is 1. The Morgan fingerprint density at radius 3 is 2.33 bits per heavy atom. The third kappa shape index (κ3) is 4.14. The van der Waals surface area contributed by atoms with E-state index in [4.69, 9.17) is 5.73 Å². The Balaban J connectivity index is 2.48. The van der Waals surface area contributed by atoms with Crippen LogP contribution in [0.5, 0.6) is 0 Å². The molecule has 98 valence electrons. The van der Waals surface area contributed by atoms with E-state index in [-0.39, 0.29) is 18.3 Å². The summed E-state index contributed by atoms with van der Waals surface area (Å²) in [6.45, 7) is 3.11. The molecule has 1 rings (SSSR count). The number of carbonyl (C=O) groups is 2. The molecule has 0 spiro atoms. The molecule has 2 amide bonds. The van der Waals surface area contributed by atoms with Gasteiger partial charge in [-0.15, -0.1) is 0 Å². The van der Waals surface area contributed by atoms with Crippen molar-refractivity contribution in [3.63, 3.8) is 0 Å². The molecule has 1 aromatic rings. The van der Waals surface area contributed by atoms with Crippen LogP contribution < -0.4 is 16.4 Å². The second-order valence-corrected chi connectivity index (χ2v) is 4.40. The van der Waals surface area contributed by atoms with Gasteiger partial charge in [0.05, 0.1) is 12.1 Å². The van der Waals surface area contributed by atoms with Gasteiger partial charge in [-0.05, 0) is 38.1 Å². The quantitative estimate of drug-likeness (QED) is 0.719. The molecule has 0 saturated carbocycles. The minimum Gasteiger partial charge on any atom is -0.368 e. The molecule has 0 radical (unpaired) electrons. The van der Waals surface area contributed by atoms with E-state index in [1.54, 1.807) is 13.8 Å². The standard InChI is InChI=1S/C12H16FN3O2/c1-12(2,11(14)18)15-7-10(17)16-9-5-3-8(13)4-6-9/h3-6,15H,7H2,1-2H3,(H2,14,18)(H,16,17). The zero-order valence-corrected chi connectivity index (χ0v) is 10.3.